The molecular weight excluding hydrogens is 404 g/mol. The molecule has 2 aliphatic rings. The number of carbonyl (C=O) groups is 1. The van der Waals surface area contributed by atoms with E-state index >= 15 is 0 Å². The molecule has 2 aliphatic heterocycles. The first-order valence-electron chi connectivity index (χ1n) is 11.9. The minimum atomic E-state index is 0.135. The summed E-state index contributed by atoms with van der Waals surface area (Å²) in [6.45, 7) is 9.02. The van der Waals surface area contributed by atoms with Crippen LogP contribution < -0.4 is 5.32 Å². The third kappa shape index (κ3) is 6.86. The van der Waals surface area contributed by atoms with Crippen LogP contribution in [-0.2, 0) is 24.4 Å². The predicted molar refractivity (Wildman–Crippen MR) is 127 cm³/mol. The Morgan fingerprint density at radius 1 is 0.968 bits per heavy atom. The summed E-state index contributed by atoms with van der Waals surface area (Å²) >= 11 is 1.71. The van der Waals surface area contributed by atoms with Gasteiger partial charge in [0.15, 0.2) is 0 Å². The van der Waals surface area contributed by atoms with E-state index in [1.807, 2.05) is 6.92 Å². The van der Waals surface area contributed by atoms with Gasteiger partial charge in [0, 0.05) is 30.9 Å². The Bertz CT molecular complexity index is 818. The molecule has 168 valence electrons. The van der Waals surface area contributed by atoms with E-state index in [2.05, 4.69) is 49.7 Å². The van der Waals surface area contributed by atoms with Crippen LogP contribution in [0.25, 0.3) is 0 Å². The molecule has 3 heterocycles. The quantitative estimate of drug-likeness (QED) is 0.695. The average Bonchev–Trinajstić information content (AvgIpc) is 3.03. The first kappa shape index (κ1) is 22.4. The Morgan fingerprint density at radius 3 is 2.26 bits per heavy atom. The molecule has 1 aromatic heterocycles. The van der Waals surface area contributed by atoms with Crippen LogP contribution in [0.4, 0.5) is 0 Å². The summed E-state index contributed by atoms with van der Waals surface area (Å²) < 4.78 is 0. The number of aromatic nitrogens is 1. The molecule has 0 bridgehead atoms. The van der Waals surface area contributed by atoms with Crippen molar-refractivity contribution in [3.8, 4) is 0 Å². The lowest BCUT2D eigenvalue weighted by Gasteiger charge is -2.30. The van der Waals surface area contributed by atoms with E-state index in [1.165, 1.54) is 49.9 Å². The lowest BCUT2D eigenvalue weighted by molar-refractivity contribution is -0.126. The number of hydrogen-bond donors (Lipinski definition) is 1. The SMILES string of the molecule is Cc1nc(CN2CCC(C(=O)NCc3ccc(CN4CCCCCC4)cc3)CC2)cs1. The fourth-order valence-electron chi connectivity index (χ4n) is 4.71. The fraction of sp³-hybridized carbons (Fsp3) is 0.600. The lowest BCUT2D eigenvalue weighted by atomic mass is 9.95. The summed E-state index contributed by atoms with van der Waals surface area (Å²) in [6.07, 6.45) is 7.27. The van der Waals surface area contributed by atoms with E-state index in [9.17, 15) is 4.79 Å². The maximum Gasteiger partial charge on any atom is 0.223 e. The number of carbonyl (C=O) groups excluding carboxylic acids is 1. The van der Waals surface area contributed by atoms with Gasteiger partial charge in [-0.05, 0) is 69.9 Å². The van der Waals surface area contributed by atoms with Gasteiger partial charge in [-0.2, -0.15) is 0 Å². The number of amides is 1. The molecule has 0 aliphatic carbocycles. The van der Waals surface area contributed by atoms with Crippen LogP contribution in [0, 0.1) is 12.8 Å². The molecule has 5 nitrogen and oxygen atoms in total. The van der Waals surface area contributed by atoms with Crippen molar-refractivity contribution in [2.75, 3.05) is 26.2 Å². The van der Waals surface area contributed by atoms with Gasteiger partial charge in [0.05, 0.1) is 10.7 Å². The first-order valence-corrected chi connectivity index (χ1v) is 12.7. The number of hydrogen-bond acceptors (Lipinski definition) is 5. The Balaban J connectivity index is 1.17. The second-order valence-electron chi connectivity index (χ2n) is 9.13. The molecule has 0 saturated carbocycles. The number of likely N-dealkylation sites (tertiary alicyclic amines) is 2. The van der Waals surface area contributed by atoms with Crippen molar-refractivity contribution in [1.82, 2.24) is 20.1 Å². The van der Waals surface area contributed by atoms with Gasteiger partial charge in [-0.1, -0.05) is 37.1 Å². The third-order valence-electron chi connectivity index (χ3n) is 6.61. The number of thiazole rings is 1. The van der Waals surface area contributed by atoms with E-state index in [0.717, 1.165) is 49.7 Å². The second-order valence-corrected chi connectivity index (χ2v) is 10.2. The van der Waals surface area contributed by atoms with Crippen LogP contribution in [0.3, 0.4) is 0 Å². The zero-order valence-electron chi connectivity index (χ0n) is 18.8. The van der Waals surface area contributed by atoms with E-state index < -0.39 is 0 Å². The molecule has 6 heteroatoms. The highest BCUT2D eigenvalue weighted by atomic mass is 32.1. The van der Waals surface area contributed by atoms with Gasteiger partial charge in [-0.25, -0.2) is 4.98 Å². The molecule has 0 spiro atoms. The summed E-state index contributed by atoms with van der Waals surface area (Å²) in [6, 6.07) is 8.80. The summed E-state index contributed by atoms with van der Waals surface area (Å²) in [5, 5.41) is 6.44. The monoisotopic (exact) mass is 440 g/mol. The van der Waals surface area contributed by atoms with Crippen molar-refractivity contribution in [3.63, 3.8) is 0 Å². The van der Waals surface area contributed by atoms with Crippen LogP contribution in [-0.4, -0.2) is 46.9 Å². The van der Waals surface area contributed by atoms with Crippen molar-refractivity contribution < 1.29 is 4.79 Å². The Morgan fingerprint density at radius 2 is 1.61 bits per heavy atom. The molecule has 31 heavy (non-hydrogen) atoms. The third-order valence-corrected chi connectivity index (χ3v) is 7.43. The molecule has 0 radical (unpaired) electrons. The van der Waals surface area contributed by atoms with Gasteiger partial charge < -0.3 is 5.32 Å². The maximum atomic E-state index is 12.7. The topological polar surface area (TPSA) is 48.5 Å². The van der Waals surface area contributed by atoms with Crippen LogP contribution in [0.5, 0.6) is 0 Å². The Kier molecular flexibility index (Phi) is 8.11. The van der Waals surface area contributed by atoms with Gasteiger partial charge in [-0.3, -0.25) is 14.6 Å². The molecule has 0 unspecified atom stereocenters. The number of piperidine rings is 1. The molecule has 1 aromatic carbocycles. The van der Waals surface area contributed by atoms with Gasteiger partial charge >= 0.3 is 0 Å². The molecule has 4 rings (SSSR count). The zero-order chi connectivity index (χ0) is 21.5. The van der Waals surface area contributed by atoms with Gasteiger partial charge in [0.2, 0.25) is 5.91 Å². The molecule has 2 fully saturated rings. The van der Waals surface area contributed by atoms with E-state index in [4.69, 9.17) is 0 Å². The minimum Gasteiger partial charge on any atom is -0.352 e. The minimum absolute atomic E-state index is 0.135. The molecular formula is C25H36N4OS. The summed E-state index contributed by atoms with van der Waals surface area (Å²) in [7, 11) is 0. The molecule has 2 saturated heterocycles. The van der Waals surface area contributed by atoms with E-state index in [1.54, 1.807) is 11.3 Å². The Labute approximate surface area is 190 Å². The number of nitrogens with one attached hydrogen (secondary N) is 1. The standard InChI is InChI=1S/C25H36N4OS/c1-20-27-24(19-31-20)18-29-14-10-23(11-15-29)25(30)26-16-21-6-8-22(9-7-21)17-28-12-4-2-3-5-13-28/h6-9,19,23H,2-5,10-18H2,1H3,(H,26,30). The highest BCUT2D eigenvalue weighted by Gasteiger charge is 2.25. The van der Waals surface area contributed by atoms with E-state index in [-0.39, 0.29) is 11.8 Å². The predicted octanol–water partition coefficient (Wildman–Crippen LogP) is 4.36. The molecule has 0 atom stereocenters. The fourth-order valence-corrected chi connectivity index (χ4v) is 5.32. The number of rotatable bonds is 7. The highest BCUT2D eigenvalue weighted by molar-refractivity contribution is 7.09. The number of nitrogens with zero attached hydrogens (tertiary/aromatic N) is 3. The second kappa shape index (κ2) is 11.2. The first-order chi connectivity index (χ1) is 15.2. The summed E-state index contributed by atoms with van der Waals surface area (Å²) in [4.78, 5) is 22.2. The van der Waals surface area contributed by atoms with E-state index in [0.29, 0.717) is 6.54 Å². The lowest BCUT2D eigenvalue weighted by Crippen LogP contribution is -2.40. The molecule has 2 aromatic rings. The molecule has 1 N–H and O–H groups in total. The van der Waals surface area contributed by atoms with Crippen molar-refractivity contribution in [3.05, 3.63) is 51.5 Å². The maximum absolute atomic E-state index is 12.7. The smallest absolute Gasteiger partial charge is 0.223 e. The van der Waals surface area contributed by atoms with Crippen LogP contribution in [0.15, 0.2) is 29.6 Å². The average molecular weight is 441 g/mol. The normalized spacial score (nSPS) is 19.3. The van der Waals surface area contributed by atoms with Crippen LogP contribution in [0.2, 0.25) is 0 Å². The van der Waals surface area contributed by atoms with Crippen molar-refractivity contribution >= 4 is 17.2 Å². The Hall–Kier alpha value is -1.76. The van der Waals surface area contributed by atoms with Gasteiger partial charge in [-0.15, -0.1) is 11.3 Å². The number of aryl methyl sites for hydroxylation is 1. The van der Waals surface area contributed by atoms with Crippen molar-refractivity contribution in [2.24, 2.45) is 5.92 Å². The zero-order valence-corrected chi connectivity index (χ0v) is 19.6. The highest BCUT2D eigenvalue weighted by Crippen LogP contribution is 2.20. The largest absolute Gasteiger partial charge is 0.352 e. The summed E-state index contributed by atoms with van der Waals surface area (Å²) in [5.74, 6) is 0.341. The summed E-state index contributed by atoms with van der Waals surface area (Å²) in [5.41, 5.74) is 3.72. The van der Waals surface area contributed by atoms with Crippen molar-refractivity contribution in [2.45, 2.75) is 65.1 Å². The van der Waals surface area contributed by atoms with Crippen molar-refractivity contribution in [1.29, 1.82) is 0 Å². The van der Waals surface area contributed by atoms with Gasteiger partial charge in [0.25, 0.3) is 0 Å². The number of benzene rings is 1. The van der Waals surface area contributed by atoms with Crippen LogP contribution in [0.1, 0.15) is 60.4 Å². The van der Waals surface area contributed by atoms with Gasteiger partial charge in [0.1, 0.15) is 0 Å². The van der Waals surface area contributed by atoms with Crippen LogP contribution >= 0.6 is 11.3 Å². The molecule has 1 amide bonds.